The van der Waals surface area contributed by atoms with Crippen molar-refractivity contribution in [2.24, 2.45) is 5.92 Å². The van der Waals surface area contributed by atoms with Crippen LogP contribution in [0.1, 0.15) is 92.9 Å². The molecule has 0 aromatic carbocycles. The van der Waals surface area contributed by atoms with Crippen molar-refractivity contribution in [3.05, 3.63) is 29.3 Å². The molecule has 6 rings (SSSR count). The summed E-state index contributed by atoms with van der Waals surface area (Å²) in [6, 6.07) is 1.15. The van der Waals surface area contributed by atoms with Crippen LogP contribution < -0.4 is 10.1 Å². The van der Waals surface area contributed by atoms with Gasteiger partial charge in [-0.3, -0.25) is 9.59 Å². The minimum Gasteiger partial charge on any atom is -0.481 e. The topological polar surface area (TPSA) is 119 Å². The zero-order valence-electron chi connectivity index (χ0n) is 25.5. The lowest BCUT2D eigenvalue weighted by Crippen LogP contribution is -2.54. The van der Waals surface area contributed by atoms with Crippen molar-refractivity contribution in [3.63, 3.8) is 0 Å². The summed E-state index contributed by atoms with van der Waals surface area (Å²) in [5, 5.41) is 17.5. The fourth-order valence-electron chi connectivity index (χ4n) is 7.24. The third kappa shape index (κ3) is 5.91. The van der Waals surface area contributed by atoms with Crippen LogP contribution in [0.4, 0.5) is 17.6 Å². The summed E-state index contributed by atoms with van der Waals surface area (Å²) < 4.78 is 67.7. The largest absolute Gasteiger partial charge is 0.481 e. The molecule has 2 atom stereocenters. The van der Waals surface area contributed by atoms with E-state index in [1.165, 1.54) is 7.11 Å². The number of nitrogens with zero attached hydrogens (tertiary/aromatic N) is 4. The van der Waals surface area contributed by atoms with E-state index in [1.54, 1.807) is 22.6 Å². The summed E-state index contributed by atoms with van der Waals surface area (Å²) in [4.78, 5) is 33.0. The van der Waals surface area contributed by atoms with Crippen LogP contribution in [-0.4, -0.2) is 80.2 Å². The number of aromatic nitrogens is 3. The second-order valence-corrected chi connectivity index (χ2v) is 13.0. The van der Waals surface area contributed by atoms with Crippen molar-refractivity contribution >= 4 is 11.8 Å². The molecule has 2 saturated carbocycles. The zero-order valence-corrected chi connectivity index (χ0v) is 25.5. The SMILES string of the molecule is COc1ncc(F)c(-c2cc(C(=O)N3CCC(C(=O)N[C@H]4CC[C@@](O)(C(F)(F)F)CC4)CC34CC4)nn2C2CCCCO2)c1C. The summed E-state index contributed by atoms with van der Waals surface area (Å²) in [5.74, 6) is -1.23. The van der Waals surface area contributed by atoms with Crippen molar-refractivity contribution in [1.82, 2.24) is 25.0 Å². The molecule has 2 N–H and O–H groups in total. The molecule has 2 aliphatic carbocycles. The zero-order chi connectivity index (χ0) is 32.1. The Kier molecular flexibility index (Phi) is 8.34. The number of carbonyl (C=O) groups excluding carboxylic acids is 2. The third-order valence-corrected chi connectivity index (χ3v) is 10.1. The number of hydrogen-bond acceptors (Lipinski definition) is 7. The molecule has 246 valence electrons. The normalized spacial score (nSPS) is 28.2. The van der Waals surface area contributed by atoms with E-state index in [1.807, 2.05) is 0 Å². The van der Waals surface area contributed by atoms with Gasteiger partial charge in [0.1, 0.15) is 0 Å². The molecule has 2 amide bonds. The van der Waals surface area contributed by atoms with Crippen LogP contribution in [0.3, 0.4) is 0 Å². The fraction of sp³-hybridized carbons (Fsp3) is 0.677. The number of ether oxygens (including phenoxy) is 2. The van der Waals surface area contributed by atoms with E-state index < -0.39 is 48.2 Å². The maximum Gasteiger partial charge on any atom is 0.417 e. The first-order valence-corrected chi connectivity index (χ1v) is 15.7. The van der Waals surface area contributed by atoms with Gasteiger partial charge in [-0.1, -0.05) is 0 Å². The number of piperidine rings is 1. The van der Waals surface area contributed by atoms with Gasteiger partial charge in [0.2, 0.25) is 11.8 Å². The smallest absolute Gasteiger partial charge is 0.417 e. The number of nitrogens with one attached hydrogen (secondary N) is 1. The quantitative estimate of drug-likeness (QED) is 0.436. The van der Waals surface area contributed by atoms with Gasteiger partial charge in [-0.2, -0.15) is 18.3 Å². The molecular weight excluding hydrogens is 598 g/mol. The first kappa shape index (κ1) is 31.7. The molecule has 4 fully saturated rings. The van der Waals surface area contributed by atoms with E-state index >= 15 is 4.39 Å². The highest BCUT2D eigenvalue weighted by Gasteiger charge is 2.56. The standard InChI is InChI=1S/C31H39F4N5O5/c1-18-25(21(32)17-36-27(18)44-2)23-15-22(38-40(23)24-5-3-4-14-45-24)28(42)39-13-8-19(16-29(39)11-12-29)26(41)37-20-6-9-30(43,10-7-20)31(33,34)35/h15,17,19-20,24,43H,3-14,16H2,1-2H3,(H,37,41)/t19?,20-,24?,30-. The molecule has 2 unspecified atom stereocenters. The van der Waals surface area contributed by atoms with Crippen molar-refractivity contribution in [3.8, 4) is 17.1 Å². The van der Waals surface area contributed by atoms with Crippen LogP contribution in [0.15, 0.2) is 12.3 Å². The van der Waals surface area contributed by atoms with E-state index in [0.29, 0.717) is 43.7 Å². The van der Waals surface area contributed by atoms with Crippen LogP contribution >= 0.6 is 0 Å². The Morgan fingerprint density at radius 1 is 1.13 bits per heavy atom. The molecule has 4 heterocycles. The molecule has 2 aromatic heterocycles. The number of carbonyl (C=O) groups is 2. The van der Waals surface area contributed by atoms with Crippen LogP contribution in [0.25, 0.3) is 11.3 Å². The van der Waals surface area contributed by atoms with Gasteiger partial charge in [0, 0.05) is 41.8 Å². The Balaban J connectivity index is 1.18. The van der Waals surface area contributed by atoms with E-state index in [4.69, 9.17) is 9.47 Å². The van der Waals surface area contributed by atoms with Gasteiger partial charge < -0.3 is 24.8 Å². The molecule has 4 aliphatic rings. The molecule has 10 nitrogen and oxygen atoms in total. The highest BCUT2D eigenvalue weighted by molar-refractivity contribution is 5.95. The number of alkyl halides is 3. The minimum absolute atomic E-state index is 0.0450. The Labute approximate surface area is 258 Å². The van der Waals surface area contributed by atoms with Crippen LogP contribution in [-0.2, 0) is 9.53 Å². The number of halogens is 4. The van der Waals surface area contributed by atoms with Gasteiger partial charge >= 0.3 is 6.18 Å². The lowest BCUT2D eigenvalue weighted by Gasteiger charge is -2.41. The van der Waals surface area contributed by atoms with E-state index in [9.17, 15) is 27.9 Å². The van der Waals surface area contributed by atoms with Gasteiger partial charge in [0.25, 0.3) is 5.91 Å². The Morgan fingerprint density at radius 2 is 1.87 bits per heavy atom. The first-order chi connectivity index (χ1) is 21.4. The first-order valence-electron chi connectivity index (χ1n) is 15.7. The molecule has 2 aliphatic heterocycles. The predicted molar refractivity (Wildman–Crippen MR) is 153 cm³/mol. The number of amides is 2. The van der Waals surface area contributed by atoms with Crippen molar-refractivity contribution < 1.29 is 41.7 Å². The molecule has 2 aromatic rings. The van der Waals surface area contributed by atoms with Crippen LogP contribution in [0.5, 0.6) is 5.88 Å². The summed E-state index contributed by atoms with van der Waals surface area (Å²) in [5.41, 5.74) is -1.96. The Bertz CT molecular complexity index is 1440. The average Bonchev–Trinajstić information content (AvgIpc) is 3.63. The van der Waals surface area contributed by atoms with Gasteiger partial charge in [0.15, 0.2) is 23.3 Å². The number of hydrogen-bond donors (Lipinski definition) is 2. The number of aliphatic hydroxyl groups is 1. The minimum atomic E-state index is -4.70. The second kappa shape index (κ2) is 11.8. The van der Waals surface area contributed by atoms with Crippen LogP contribution in [0, 0.1) is 18.7 Å². The molecule has 0 bridgehead atoms. The van der Waals surface area contributed by atoms with Gasteiger partial charge in [-0.15, -0.1) is 0 Å². The lowest BCUT2D eigenvalue weighted by molar-refractivity contribution is -0.270. The summed E-state index contributed by atoms with van der Waals surface area (Å²) >= 11 is 0. The number of rotatable bonds is 6. The third-order valence-electron chi connectivity index (χ3n) is 10.1. The van der Waals surface area contributed by atoms with E-state index in [2.05, 4.69) is 15.4 Å². The molecule has 2 saturated heterocycles. The second-order valence-electron chi connectivity index (χ2n) is 13.0. The van der Waals surface area contributed by atoms with Gasteiger partial charge in [-0.05, 0) is 83.6 Å². The van der Waals surface area contributed by atoms with Gasteiger partial charge in [0.05, 0.1) is 19.0 Å². The summed E-state index contributed by atoms with van der Waals surface area (Å²) in [6.07, 6.45) is -0.150. The summed E-state index contributed by atoms with van der Waals surface area (Å²) in [7, 11) is 1.45. The predicted octanol–water partition coefficient (Wildman–Crippen LogP) is 4.84. The van der Waals surface area contributed by atoms with Crippen molar-refractivity contribution in [1.29, 1.82) is 0 Å². The number of pyridine rings is 1. The highest BCUT2D eigenvalue weighted by atomic mass is 19.4. The average molecular weight is 638 g/mol. The highest BCUT2D eigenvalue weighted by Crippen LogP contribution is 2.51. The molecule has 45 heavy (non-hydrogen) atoms. The molecule has 0 radical (unpaired) electrons. The monoisotopic (exact) mass is 637 g/mol. The molecule has 14 heteroatoms. The maximum atomic E-state index is 15.3. The summed E-state index contributed by atoms with van der Waals surface area (Å²) in [6.45, 7) is 2.54. The Morgan fingerprint density at radius 3 is 2.49 bits per heavy atom. The lowest BCUT2D eigenvalue weighted by atomic mass is 9.81. The number of methoxy groups -OCH3 is 1. The van der Waals surface area contributed by atoms with Crippen molar-refractivity contribution in [2.45, 2.75) is 107 Å². The maximum absolute atomic E-state index is 15.3. The van der Waals surface area contributed by atoms with Crippen LogP contribution in [0.2, 0.25) is 0 Å². The van der Waals surface area contributed by atoms with E-state index in [0.717, 1.165) is 31.9 Å². The van der Waals surface area contributed by atoms with Gasteiger partial charge in [-0.25, -0.2) is 14.1 Å². The fourth-order valence-corrected chi connectivity index (χ4v) is 7.24. The number of likely N-dealkylation sites (tertiary alicyclic amines) is 1. The van der Waals surface area contributed by atoms with Crippen molar-refractivity contribution in [2.75, 3.05) is 20.3 Å². The Hall–Kier alpha value is -3.26. The molecular formula is C31H39F4N5O5. The molecule has 1 spiro atoms. The van der Waals surface area contributed by atoms with E-state index in [-0.39, 0.29) is 47.7 Å².